The molecule has 4 amide bonds. The van der Waals surface area contributed by atoms with Crippen LogP contribution in [0.1, 0.15) is 49.7 Å². The first kappa shape index (κ1) is 31.9. The minimum Gasteiger partial charge on any atom is -0.507 e. The zero-order valence-corrected chi connectivity index (χ0v) is 28.7. The summed E-state index contributed by atoms with van der Waals surface area (Å²) in [6, 6.07) is 30.4. The molecule has 0 bridgehead atoms. The van der Waals surface area contributed by atoms with E-state index in [0.717, 1.165) is 49.0 Å². The summed E-state index contributed by atoms with van der Waals surface area (Å²) in [5.74, 6) is -3.26. The van der Waals surface area contributed by atoms with Crippen LogP contribution in [0.15, 0.2) is 109 Å². The molecule has 4 fully saturated rings. The van der Waals surface area contributed by atoms with E-state index in [1.165, 1.54) is 10.5 Å². The second kappa shape index (κ2) is 12.0. The van der Waals surface area contributed by atoms with Crippen molar-refractivity contribution < 1.29 is 24.3 Å². The zero-order valence-electron chi connectivity index (χ0n) is 28.7. The van der Waals surface area contributed by atoms with E-state index < -0.39 is 29.1 Å². The molecule has 9 rings (SSSR count). The lowest BCUT2D eigenvalue weighted by Gasteiger charge is -2.49. The quantitative estimate of drug-likeness (QED) is 0.193. The van der Waals surface area contributed by atoms with E-state index in [1.54, 1.807) is 23.1 Å². The fourth-order valence-corrected chi connectivity index (χ4v) is 10.3. The number of allylic oxidation sites excluding steroid dienone is 2. The maximum Gasteiger partial charge on any atom is 0.241 e. The van der Waals surface area contributed by atoms with E-state index in [0.29, 0.717) is 23.9 Å². The lowest BCUT2D eigenvalue weighted by molar-refractivity contribution is -0.144. The number of fused-ring (bicyclic) bond motifs is 5. The Labute approximate surface area is 297 Å². The number of hydrogen-bond donors (Lipinski definition) is 1. The highest BCUT2D eigenvalue weighted by molar-refractivity contribution is 6.24. The Morgan fingerprint density at radius 1 is 0.745 bits per heavy atom. The van der Waals surface area contributed by atoms with Crippen LogP contribution in [0.5, 0.6) is 5.75 Å². The van der Waals surface area contributed by atoms with Crippen molar-refractivity contribution >= 4 is 40.1 Å². The number of piperidine rings is 1. The minimum absolute atomic E-state index is 0.0958. The fraction of sp³-hybridized carbons (Fsp3) is 0.349. The summed E-state index contributed by atoms with van der Waals surface area (Å²) < 4.78 is 0. The zero-order chi connectivity index (χ0) is 35.0. The Morgan fingerprint density at radius 3 is 2.14 bits per heavy atom. The van der Waals surface area contributed by atoms with E-state index >= 15 is 0 Å². The average Bonchev–Trinajstić information content (AvgIpc) is 3.52. The van der Waals surface area contributed by atoms with E-state index in [2.05, 4.69) is 23.1 Å². The van der Waals surface area contributed by atoms with Crippen LogP contribution in [0, 0.1) is 29.1 Å². The second-order valence-electron chi connectivity index (χ2n) is 15.3. The molecule has 4 aromatic rings. The lowest BCUT2D eigenvalue weighted by atomic mass is 9.51. The highest BCUT2D eigenvalue weighted by Gasteiger charge is 2.68. The topological polar surface area (TPSA) is 98.2 Å². The highest BCUT2D eigenvalue weighted by atomic mass is 16.3. The molecule has 0 spiro atoms. The van der Waals surface area contributed by atoms with E-state index in [-0.39, 0.29) is 41.3 Å². The van der Waals surface area contributed by atoms with Crippen LogP contribution in [0.2, 0.25) is 0 Å². The van der Waals surface area contributed by atoms with Crippen molar-refractivity contribution in [1.82, 2.24) is 9.80 Å². The number of amides is 4. The Hall–Kier alpha value is -5.08. The van der Waals surface area contributed by atoms with E-state index in [1.807, 2.05) is 73.7 Å². The van der Waals surface area contributed by atoms with Crippen LogP contribution in [-0.4, -0.2) is 57.7 Å². The van der Waals surface area contributed by atoms with Gasteiger partial charge in [0.25, 0.3) is 0 Å². The van der Waals surface area contributed by atoms with Crippen molar-refractivity contribution in [3.05, 3.63) is 120 Å². The summed E-state index contributed by atoms with van der Waals surface area (Å²) in [7, 11) is 0. The third kappa shape index (κ3) is 4.75. The summed E-state index contributed by atoms with van der Waals surface area (Å²) in [4.78, 5) is 63.5. The number of carbonyl (C=O) groups is 4. The summed E-state index contributed by atoms with van der Waals surface area (Å²) in [6.07, 6.45) is 4.32. The molecular weight excluding hydrogens is 638 g/mol. The summed E-state index contributed by atoms with van der Waals surface area (Å²) in [5.41, 5.74) is 2.45. The van der Waals surface area contributed by atoms with Gasteiger partial charge in [-0.1, -0.05) is 90.5 Å². The van der Waals surface area contributed by atoms with Crippen LogP contribution in [0.25, 0.3) is 10.8 Å². The molecule has 4 aromatic carbocycles. The van der Waals surface area contributed by atoms with Crippen LogP contribution in [0.3, 0.4) is 0 Å². The van der Waals surface area contributed by atoms with Crippen LogP contribution in [-0.2, 0) is 25.7 Å². The molecule has 0 unspecified atom stereocenters. The largest absolute Gasteiger partial charge is 0.507 e. The van der Waals surface area contributed by atoms with Gasteiger partial charge < -0.3 is 5.11 Å². The number of anilines is 1. The number of para-hydroxylation sites is 1. The molecule has 2 aliphatic carbocycles. The molecule has 1 saturated carbocycles. The smallest absolute Gasteiger partial charge is 0.241 e. The first-order chi connectivity index (χ1) is 24.8. The fourth-order valence-electron chi connectivity index (χ4n) is 10.3. The van der Waals surface area contributed by atoms with Gasteiger partial charge in [0.15, 0.2) is 0 Å². The first-order valence-electron chi connectivity index (χ1n) is 18.2. The molecule has 0 radical (unpaired) electrons. The highest BCUT2D eigenvalue weighted by Crippen LogP contribution is 2.64. The Bertz CT molecular complexity index is 2110. The number of imide groups is 2. The SMILES string of the molecule is C[C@@]12C(=O)N(c3ccccc3)C(=O)[C@@H]1C[C@@H]1C(=CC[C@@H]3C(=O)N(C4CCN(Cc5ccccc5)CC4)C(=O)[C@@H]31)[C@@H]2c1ccc(O)c2ccccc12. The van der Waals surface area contributed by atoms with Crippen molar-refractivity contribution in [3.63, 3.8) is 0 Å². The molecular formula is C43H41N3O5. The van der Waals surface area contributed by atoms with Crippen molar-refractivity contribution in [3.8, 4) is 5.75 Å². The van der Waals surface area contributed by atoms with Gasteiger partial charge in [0, 0.05) is 37.0 Å². The number of hydrogen-bond acceptors (Lipinski definition) is 6. The molecule has 3 saturated heterocycles. The standard InChI is InChI=1S/C43H41N3O5/c1-43-35(40(49)46(42(43)51)27-12-6-3-7-13-27)24-34-32(38(43)31-18-19-36(47)30-15-9-8-14-29(30)31)16-17-33-37(34)41(50)45(39(33)48)28-20-22-44(23-21-28)25-26-10-4-2-5-11-26/h2-16,18-19,28,33-35,37-38,47H,17,20-25H2,1H3/t33-,34+,35-,37-,38-,43+/m0/s1. The van der Waals surface area contributed by atoms with E-state index in [9.17, 15) is 24.3 Å². The summed E-state index contributed by atoms with van der Waals surface area (Å²) >= 11 is 0. The summed E-state index contributed by atoms with van der Waals surface area (Å²) in [6.45, 7) is 4.37. The number of phenolic OH excluding ortho intramolecular Hbond substituents is 1. The normalized spacial score (nSPS) is 29.7. The monoisotopic (exact) mass is 679 g/mol. The van der Waals surface area contributed by atoms with Crippen LogP contribution in [0.4, 0.5) is 5.69 Å². The molecule has 258 valence electrons. The predicted molar refractivity (Wildman–Crippen MR) is 193 cm³/mol. The molecule has 0 aromatic heterocycles. The number of benzene rings is 4. The Kier molecular flexibility index (Phi) is 7.51. The van der Waals surface area contributed by atoms with Crippen molar-refractivity contribution in [2.24, 2.45) is 29.1 Å². The van der Waals surface area contributed by atoms with E-state index in [4.69, 9.17) is 0 Å². The molecule has 3 aliphatic heterocycles. The minimum atomic E-state index is -1.14. The van der Waals surface area contributed by atoms with Gasteiger partial charge in [-0.2, -0.15) is 0 Å². The second-order valence-corrected chi connectivity index (χ2v) is 15.3. The van der Waals surface area contributed by atoms with Crippen molar-refractivity contribution in [2.45, 2.75) is 51.1 Å². The molecule has 8 nitrogen and oxygen atoms in total. The van der Waals surface area contributed by atoms with Gasteiger partial charge in [0.2, 0.25) is 23.6 Å². The number of carbonyl (C=O) groups excluding carboxylic acids is 4. The molecule has 3 heterocycles. The molecule has 5 aliphatic rings. The number of likely N-dealkylation sites (tertiary alicyclic amines) is 2. The molecule has 8 heteroatoms. The average molecular weight is 680 g/mol. The Morgan fingerprint density at radius 2 is 1.41 bits per heavy atom. The van der Waals surface area contributed by atoms with Crippen molar-refractivity contribution in [2.75, 3.05) is 18.0 Å². The van der Waals surface area contributed by atoms with Gasteiger partial charge in [0.05, 0.1) is 28.9 Å². The van der Waals surface area contributed by atoms with Gasteiger partial charge >= 0.3 is 0 Å². The molecule has 51 heavy (non-hydrogen) atoms. The third-order valence-corrected chi connectivity index (χ3v) is 12.7. The maximum absolute atomic E-state index is 14.8. The third-order valence-electron chi connectivity index (χ3n) is 12.7. The van der Waals surface area contributed by atoms with Crippen molar-refractivity contribution in [1.29, 1.82) is 0 Å². The number of phenols is 1. The van der Waals surface area contributed by atoms with Gasteiger partial charge in [-0.25, -0.2) is 4.90 Å². The van der Waals surface area contributed by atoms with Gasteiger partial charge in [0.1, 0.15) is 5.75 Å². The van der Waals surface area contributed by atoms with Gasteiger partial charge in [-0.3, -0.25) is 29.0 Å². The summed E-state index contributed by atoms with van der Waals surface area (Å²) in [5, 5.41) is 12.3. The van der Waals surface area contributed by atoms with Crippen LogP contribution >= 0.6 is 0 Å². The first-order valence-corrected chi connectivity index (χ1v) is 18.2. The number of nitrogens with zero attached hydrogens (tertiary/aromatic N) is 3. The predicted octanol–water partition coefficient (Wildman–Crippen LogP) is 6.44. The van der Waals surface area contributed by atoms with Gasteiger partial charge in [-0.15, -0.1) is 0 Å². The number of aromatic hydroxyl groups is 1. The Balaban J connectivity index is 1.09. The maximum atomic E-state index is 14.8. The molecule has 1 N–H and O–H groups in total. The van der Waals surface area contributed by atoms with Crippen LogP contribution < -0.4 is 4.90 Å². The molecule has 6 atom stereocenters. The van der Waals surface area contributed by atoms with Gasteiger partial charge in [-0.05, 0) is 73.2 Å². The lowest BCUT2D eigenvalue weighted by Crippen LogP contribution is -2.49. The number of rotatable bonds is 5.